The van der Waals surface area contributed by atoms with E-state index in [4.69, 9.17) is 4.52 Å². The molecule has 1 unspecified atom stereocenters. The Morgan fingerprint density at radius 2 is 2.04 bits per heavy atom. The summed E-state index contributed by atoms with van der Waals surface area (Å²) in [5.74, 6) is 1.56. The fraction of sp³-hybridized carbons (Fsp3) is 0.706. The smallest absolute Gasteiger partial charge is 0.245 e. The van der Waals surface area contributed by atoms with Crippen molar-refractivity contribution in [2.45, 2.75) is 58.2 Å². The van der Waals surface area contributed by atoms with Crippen LogP contribution in [0.2, 0.25) is 0 Å². The number of amides is 1. The van der Waals surface area contributed by atoms with Crippen LogP contribution in [0.15, 0.2) is 10.6 Å². The molecule has 2 saturated heterocycles. The third-order valence-corrected chi connectivity index (χ3v) is 5.27. The van der Waals surface area contributed by atoms with E-state index in [9.17, 15) is 4.79 Å². The normalized spacial score (nSPS) is 21.4. The van der Waals surface area contributed by atoms with Gasteiger partial charge in [-0.1, -0.05) is 5.16 Å². The largest absolute Gasteiger partial charge is 0.361 e. The first-order valence-corrected chi connectivity index (χ1v) is 9.41. The summed E-state index contributed by atoms with van der Waals surface area (Å²) in [5, 5.41) is 16.1. The molecule has 26 heavy (non-hydrogen) atoms. The van der Waals surface area contributed by atoms with Gasteiger partial charge in [0.15, 0.2) is 5.82 Å². The summed E-state index contributed by atoms with van der Waals surface area (Å²) in [4.78, 5) is 17.2. The van der Waals surface area contributed by atoms with Crippen molar-refractivity contribution in [1.29, 1.82) is 0 Å². The molecule has 1 atom stereocenters. The molecule has 0 radical (unpaired) electrons. The molecule has 0 N–H and O–H groups in total. The van der Waals surface area contributed by atoms with Gasteiger partial charge in [0.25, 0.3) is 0 Å². The third-order valence-electron chi connectivity index (χ3n) is 5.27. The molecule has 9 heteroatoms. The Balaban J connectivity index is 1.46. The Morgan fingerprint density at radius 1 is 1.23 bits per heavy atom. The van der Waals surface area contributed by atoms with E-state index in [0.717, 1.165) is 56.2 Å². The summed E-state index contributed by atoms with van der Waals surface area (Å²) in [7, 11) is 0. The molecule has 2 aliphatic heterocycles. The molecule has 2 fully saturated rings. The van der Waals surface area contributed by atoms with Gasteiger partial charge in [0.2, 0.25) is 5.91 Å². The number of carbonyl (C=O) groups excluding carboxylic acids is 1. The van der Waals surface area contributed by atoms with Crippen molar-refractivity contribution in [1.82, 2.24) is 35.2 Å². The second-order valence-corrected chi connectivity index (χ2v) is 7.20. The predicted octanol–water partition coefficient (Wildman–Crippen LogP) is 1.32. The molecule has 0 aromatic carbocycles. The van der Waals surface area contributed by atoms with E-state index in [2.05, 4.69) is 25.6 Å². The summed E-state index contributed by atoms with van der Waals surface area (Å²) in [6, 6.07) is 1.90. The Hall–Kier alpha value is -2.29. The van der Waals surface area contributed by atoms with Crippen LogP contribution in [0.3, 0.4) is 0 Å². The van der Waals surface area contributed by atoms with Crippen molar-refractivity contribution >= 4 is 5.91 Å². The lowest BCUT2D eigenvalue weighted by molar-refractivity contribution is -0.136. The summed E-state index contributed by atoms with van der Waals surface area (Å²) in [5.41, 5.74) is 0.838. The number of hydrogen-bond acceptors (Lipinski definition) is 7. The quantitative estimate of drug-likeness (QED) is 0.795. The van der Waals surface area contributed by atoms with Crippen LogP contribution in [0.25, 0.3) is 0 Å². The lowest BCUT2D eigenvalue weighted by atomic mass is 9.99. The van der Waals surface area contributed by atoms with Crippen molar-refractivity contribution in [3.05, 3.63) is 23.3 Å². The minimum atomic E-state index is -0.0211. The van der Waals surface area contributed by atoms with Gasteiger partial charge >= 0.3 is 0 Å². The van der Waals surface area contributed by atoms with E-state index in [1.807, 2.05) is 17.9 Å². The number of likely N-dealkylation sites (tertiary alicyclic amines) is 2. The lowest BCUT2D eigenvalue weighted by Gasteiger charge is -2.34. The first-order chi connectivity index (χ1) is 12.7. The molecule has 2 aromatic heterocycles. The number of piperidine rings is 1. The number of rotatable bonds is 5. The standard InChI is InChI=1S/C17H25N7O2/c1-13-10-14(19-26-13)15-6-2-3-9-23(15)17(25)12-24-16(18-20-21-24)11-22-7-4-5-8-22/h10,15H,2-9,11-12H2,1H3. The van der Waals surface area contributed by atoms with E-state index < -0.39 is 0 Å². The monoisotopic (exact) mass is 359 g/mol. The van der Waals surface area contributed by atoms with Crippen LogP contribution in [0.4, 0.5) is 0 Å². The van der Waals surface area contributed by atoms with Crippen LogP contribution in [-0.2, 0) is 17.9 Å². The van der Waals surface area contributed by atoms with Gasteiger partial charge in [0.05, 0.1) is 12.6 Å². The van der Waals surface area contributed by atoms with Gasteiger partial charge in [0, 0.05) is 12.6 Å². The third kappa shape index (κ3) is 3.62. The number of tetrazole rings is 1. The number of aryl methyl sites for hydroxylation is 1. The van der Waals surface area contributed by atoms with Crippen LogP contribution < -0.4 is 0 Å². The molecule has 2 aromatic rings. The number of carbonyl (C=O) groups is 1. The second-order valence-electron chi connectivity index (χ2n) is 7.20. The van der Waals surface area contributed by atoms with E-state index in [1.54, 1.807) is 4.68 Å². The zero-order valence-corrected chi connectivity index (χ0v) is 15.2. The Labute approximate surface area is 152 Å². The van der Waals surface area contributed by atoms with E-state index >= 15 is 0 Å². The number of hydrogen-bond donors (Lipinski definition) is 0. The van der Waals surface area contributed by atoms with E-state index in [1.165, 1.54) is 12.8 Å². The molecule has 2 aliphatic rings. The molecule has 0 spiro atoms. The lowest BCUT2D eigenvalue weighted by Crippen LogP contribution is -2.41. The van der Waals surface area contributed by atoms with Crippen molar-refractivity contribution in [3.8, 4) is 0 Å². The Morgan fingerprint density at radius 3 is 2.81 bits per heavy atom. The minimum Gasteiger partial charge on any atom is -0.361 e. The van der Waals surface area contributed by atoms with Crippen LogP contribution >= 0.6 is 0 Å². The Bertz CT molecular complexity index is 750. The molecular formula is C17H25N7O2. The zero-order valence-electron chi connectivity index (χ0n) is 15.2. The van der Waals surface area contributed by atoms with Gasteiger partial charge in [-0.05, 0) is 62.5 Å². The molecule has 140 valence electrons. The molecular weight excluding hydrogens is 334 g/mol. The van der Waals surface area contributed by atoms with Gasteiger partial charge in [-0.3, -0.25) is 9.69 Å². The highest BCUT2D eigenvalue weighted by atomic mass is 16.5. The zero-order chi connectivity index (χ0) is 17.9. The maximum Gasteiger partial charge on any atom is 0.245 e. The molecule has 1 amide bonds. The van der Waals surface area contributed by atoms with Crippen LogP contribution in [0.1, 0.15) is 55.4 Å². The number of aromatic nitrogens is 5. The van der Waals surface area contributed by atoms with Crippen molar-refractivity contribution in [2.75, 3.05) is 19.6 Å². The maximum absolute atomic E-state index is 13.0. The summed E-state index contributed by atoms with van der Waals surface area (Å²) in [6.07, 6.45) is 5.44. The van der Waals surface area contributed by atoms with Crippen LogP contribution in [0.5, 0.6) is 0 Å². The minimum absolute atomic E-state index is 0.0211. The average Bonchev–Trinajstić information content (AvgIpc) is 3.39. The van der Waals surface area contributed by atoms with Crippen molar-refractivity contribution in [2.24, 2.45) is 0 Å². The highest BCUT2D eigenvalue weighted by molar-refractivity contribution is 5.76. The maximum atomic E-state index is 13.0. The first kappa shape index (κ1) is 17.1. The second kappa shape index (κ2) is 7.53. The van der Waals surface area contributed by atoms with Gasteiger partial charge in [-0.2, -0.15) is 0 Å². The molecule has 4 rings (SSSR count). The summed E-state index contributed by atoms with van der Waals surface area (Å²) in [6.45, 7) is 5.62. The van der Waals surface area contributed by atoms with Gasteiger partial charge in [-0.15, -0.1) is 5.10 Å². The fourth-order valence-corrected chi connectivity index (χ4v) is 3.90. The van der Waals surface area contributed by atoms with Crippen molar-refractivity contribution < 1.29 is 9.32 Å². The van der Waals surface area contributed by atoms with Crippen LogP contribution in [-0.4, -0.2) is 60.7 Å². The average molecular weight is 359 g/mol. The molecule has 0 bridgehead atoms. The molecule has 4 heterocycles. The van der Waals surface area contributed by atoms with Crippen molar-refractivity contribution in [3.63, 3.8) is 0 Å². The van der Waals surface area contributed by atoms with Gasteiger partial charge in [0.1, 0.15) is 18.0 Å². The van der Waals surface area contributed by atoms with Gasteiger partial charge in [-0.25, -0.2) is 4.68 Å². The highest BCUT2D eigenvalue weighted by Gasteiger charge is 2.31. The summed E-state index contributed by atoms with van der Waals surface area (Å²) < 4.78 is 6.85. The SMILES string of the molecule is Cc1cc(C2CCCCN2C(=O)Cn2nnnc2CN2CCCC2)no1. The molecule has 0 saturated carbocycles. The van der Waals surface area contributed by atoms with Crippen LogP contribution in [0, 0.1) is 6.92 Å². The predicted molar refractivity (Wildman–Crippen MR) is 91.9 cm³/mol. The molecule has 0 aliphatic carbocycles. The van der Waals surface area contributed by atoms with Gasteiger partial charge < -0.3 is 9.42 Å². The number of nitrogens with zero attached hydrogens (tertiary/aromatic N) is 7. The molecule has 9 nitrogen and oxygen atoms in total. The Kier molecular flexibility index (Phi) is 4.96. The highest BCUT2D eigenvalue weighted by Crippen LogP contribution is 2.30. The topological polar surface area (TPSA) is 93.2 Å². The fourth-order valence-electron chi connectivity index (χ4n) is 3.90. The van der Waals surface area contributed by atoms with E-state index in [0.29, 0.717) is 6.54 Å². The first-order valence-electron chi connectivity index (χ1n) is 9.41. The summed E-state index contributed by atoms with van der Waals surface area (Å²) >= 11 is 0. The van der Waals surface area contributed by atoms with E-state index in [-0.39, 0.29) is 18.5 Å².